The molecule has 1 atom stereocenters. The van der Waals surface area contributed by atoms with E-state index in [1.807, 2.05) is 6.92 Å². The van der Waals surface area contributed by atoms with Crippen molar-refractivity contribution in [1.29, 1.82) is 0 Å². The minimum absolute atomic E-state index is 0.102. The molecule has 1 unspecified atom stereocenters. The zero-order valence-corrected chi connectivity index (χ0v) is 18.7. The number of hydrogen-bond acceptors (Lipinski definition) is 6. The third-order valence-corrected chi connectivity index (χ3v) is 10.0. The van der Waals surface area contributed by atoms with E-state index in [4.69, 9.17) is 16.0 Å². The van der Waals surface area contributed by atoms with E-state index < -0.39 is 8.32 Å². The number of nitrogens with zero attached hydrogens (tertiary/aromatic N) is 6. The molecule has 0 fully saturated rings. The average Bonchev–Trinajstić information content (AvgIpc) is 3.13. The number of rotatable bonds is 5. The maximum Gasteiger partial charge on any atom is 0.261 e. The summed E-state index contributed by atoms with van der Waals surface area (Å²) in [5.74, 6) is 0.370. The van der Waals surface area contributed by atoms with Crippen molar-refractivity contribution < 1.29 is 4.43 Å². The zero-order chi connectivity index (χ0) is 20.7. The van der Waals surface area contributed by atoms with Crippen LogP contribution in [0.5, 0.6) is 0 Å². The van der Waals surface area contributed by atoms with Crippen LogP contribution in [0.15, 0.2) is 29.8 Å². The molecule has 0 aliphatic carbocycles. The summed E-state index contributed by atoms with van der Waals surface area (Å²) in [6.07, 6.45) is 4.40. The van der Waals surface area contributed by atoms with Gasteiger partial charge < -0.3 is 4.43 Å². The highest BCUT2D eigenvalue weighted by Gasteiger charge is 2.37. The maximum atomic E-state index is 13.1. The topological polar surface area (TPSA) is 87.7 Å². The van der Waals surface area contributed by atoms with Crippen molar-refractivity contribution in [2.24, 2.45) is 0 Å². The third kappa shape index (κ3) is 3.87. The van der Waals surface area contributed by atoms with Gasteiger partial charge in [-0.1, -0.05) is 32.4 Å². The molecule has 0 N–H and O–H groups in total. The van der Waals surface area contributed by atoms with Crippen molar-refractivity contribution >= 4 is 30.8 Å². The number of pyridine rings is 1. The van der Waals surface area contributed by atoms with Gasteiger partial charge in [-0.3, -0.25) is 9.36 Å². The van der Waals surface area contributed by atoms with Crippen molar-refractivity contribution in [3.05, 3.63) is 40.6 Å². The minimum Gasteiger partial charge on any atom is -0.415 e. The number of aromatic nitrogens is 6. The summed E-state index contributed by atoms with van der Waals surface area (Å²) >= 11 is 6.15. The third-order valence-electron chi connectivity index (χ3n) is 5.32. The molecular weight excluding hydrogens is 396 g/mol. The van der Waals surface area contributed by atoms with Crippen LogP contribution in [0, 0.1) is 0 Å². The second-order valence-corrected chi connectivity index (χ2v) is 13.6. The Balaban J connectivity index is 1.98. The molecule has 0 spiro atoms. The van der Waals surface area contributed by atoms with Gasteiger partial charge in [-0.05, 0) is 31.1 Å². The number of hydrogen-bond donors (Lipinski definition) is 0. The summed E-state index contributed by atoms with van der Waals surface area (Å²) in [6, 6.07) is 1.37. The molecule has 150 valence electrons. The van der Waals surface area contributed by atoms with E-state index in [1.54, 1.807) is 4.57 Å². The smallest absolute Gasteiger partial charge is 0.261 e. The molecule has 0 aliphatic heterocycles. The molecule has 0 radical (unpaired) electrons. The van der Waals surface area contributed by atoms with Crippen LogP contribution in [0.25, 0.3) is 16.7 Å². The second kappa shape index (κ2) is 7.38. The monoisotopic (exact) mass is 420 g/mol. The van der Waals surface area contributed by atoms with Gasteiger partial charge in [-0.15, -0.1) is 0 Å². The normalized spacial score (nSPS) is 13.8. The van der Waals surface area contributed by atoms with Crippen LogP contribution in [-0.4, -0.2) is 44.2 Å². The Morgan fingerprint density at radius 1 is 1.29 bits per heavy atom. The molecule has 3 aromatic rings. The molecule has 28 heavy (non-hydrogen) atoms. The van der Waals surface area contributed by atoms with Crippen molar-refractivity contribution in [3.63, 3.8) is 0 Å². The molecule has 3 aromatic heterocycles. The molecular formula is C18H25ClN6O2Si. The SMILES string of the molecule is CC(CO[Si](C)(C)C(C)(C)C)n1cnc2c(-n3cncn3)nc(Cl)cc2c1=O. The number of fused-ring (bicyclic) bond motifs is 1. The summed E-state index contributed by atoms with van der Waals surface area (Å²) in [6.45, 7) is 13.3. The van der Waals surface area contributed by atoms with Crippen LogP contribution >= 0.6 is 11.6 Å². The van der Waals surface area contributed by atoms with Crippen LogP contribution in [0.3, 0.4) is 0 Å². The molecule has 8 nitrogen and oxygen atoms in total. The lowest BCUT2D eigenvalue weighted by atomic mass is 10.2. The van der Waals surface area contributed by atoms with Crippen molar-refractivity contribution in [3.8, 4) is 5.82 Å². The first-order valence-corrected chi connectivity index (χ1v) is 12.4. The fourth-order valence-electron chi connectivity index (χ4n) is 2.51. The quantitative estimate of drug-likeness (QED) is 0.462. The Morgan fingerprint density at radius 3 is 2.61 bits per heavy atom. The Bertz CT molecular complexity index is 1040. The first-order valence-electron chi connectivity index (χ1n) is 9.07. The van der Waals surface area contributed by atoms with Crippen LogP contribution < -0.4 is 5.56 Å². The average molecular weight is 421 g/mol. The first kappa shape index (κ1) is 20.6. The van der Waals surface area contributed by atoms with Gasteiger partial charge >= 0.3 is 0 Å². The highest BCUT2D eigenvalue weighted by Crippen LogP contribution is 2.36. The zero-order valence-electron chi connectivity index (χ0n) is 17.0. The molecule has 0 amide bonds. The van der Waals surface area contributed by atoms with E-state index in [1.165, 1.54) is 29.7 Å². The molecule has 3 heterocycles. The van der Waals surface area contributed by atoms with Gasteiger partial charge in [0.1, 0.15) is 23.3 Å². The largest absolute Gasteiger partial charge is 0.415 e. The Labute approximate surface area is 169 Å². The Kier molecular flexibility index (Phi) is 5.44. The predicted molar refractivity (Wildman–Crippen MR) is 112 cm³/mol. The van der Waals surface area contributed by atoms with Crippen LogP contribution in [0.4, 0.5) is 0 Å². The van der Waals surface area contributed by atoms with E-state index in [-0.39, 0.29) is 21.8 Å². The molecule has 0 bridgehead atoms. The van der Waals surface area contributed by atoms with Gasteiger partial charge in [0.05, 0.1) is 24.4 Å². The standard InChI is InChI=1S/C18H25ClN6O2Si/c1-12(8-27-28(5,6)18(2,3)4)24-11-21-15-13(17(24)26)7-14(19)23-16(15)25-10-20-9-22-25/h7,9-12H,8H2,1-6H3. The summed E-state index contributed by atoms with van der Waals surface area (Å²) in [5, 5.41) is 4.74. The van der Waals surface area contributed by atoms with Crippen molar-refractivity contribution in [2.45, 2.75) is 51.9 Å². The molecule has 0 saturated heterocycles. The maximum absolute atomic E-state index is 13.1. The van der Waals surface area contributed by atoms with Crippen LogP contribution in [0.1, 0.15) is 33.7 Å². The predicted octanol–water partition coefficient (Wildman–Crippen LogP) is 3.61. The van der Waals surface area contributed by atoms with E-state index in [9.17, 15) is 4.79 Å². The molecule has 10 heteroatoms. The van der Waals surface area contributed by atoms with Gasteiger partial charge in [0.15, 0.2) is 14.1 Å². The van der Waals surface area contributed by atoms with Gasteiger partial charge in [0.25, 0.3) is 5.56 Å². The fraction of sp³-hybridized carbons (Fsp3) is 0.500. The highest BCUT2D eigenvalue weighted by atomic mass is 35.5. The van der Waals surface area contributed by atoms with E-state index in [0.717, 1.165) is 0 Å². The van der Waals surface area contributed by atoms with Gasteiger partial charge in [-0.25, -0.2) is 19.6 Å². The summed E-state index contributed by atoms with van der Waals surface area (Å²) in [5.41, 5.74) is 0.232. The van der Waals surface area contributed by atoms with Gasteiger partial charge in [0, 0.05) is 0 Å². The Morgan fingerprint density at radius 2 is 2.00 bits per heavy atom. The van der Waals surface area contributed by atoms with E-state index in [2.05, 4.69) is 53.9 Å². The summed E-state index contributed by atoms with van der Waals surface area (Å²) < 4.78 is 9.29. The van der Waals surface area contributed by atoms with Crippen LogP contribution in [0.2, 0.25) is 23.3 Å². The summed E-state index contributed by atoms with van der Waals surface area (Å²) in [4.78, 5) is 25.7. The lowest BCUT2D eigenvalue weighted by Gasteiger charge is -2.37. The van der Waals surface area contributed by atoms with E-state index in [0.29, 0.717) is 23.3 Å². The van der Waals surface area contributed by atoms with Crippen molar-refractivity contribution in [1.82, 2.24) is 29.3 Å². The Hall–Kier alpha value is -2.10. The highest BCUT2D eigenvalue weighted by molar-refractivity contribution is 6.74. The minimum atomic E-state index is -1.91. The van der Waals surface area contributed by atoms with Crippen LogP contribution in [-0.2, 0) is 4.43 Å². The van der Waals surface area contributed by atoms with E-state index >= 15 is 0 Å². The van der Waals surface area contributed by atoms with Gasteiger partial charge in [-0.2, -0.15) is 5.10 Å². The molecule has 0 aliphatic rings. The number of halogens is 1. The molecule has 3 rings (SSSR count). The van der Waals surface area contributed by atoms with Crippen molar-refractivity contribution in [2.75, 3.05) is 6.61 Å². The lowest BCUT2D eigenvalue weighted by molar-refractivity contribution is 0.236. The second-order valence-electron chi connectivity index (χ2n) is 8.38. The fourth-order valence-corrected chi connectivity index (χ4v) is 3.79. The summed E-state index contributed by atoms with van der Waals surface area (Å²) in [7, 11) is -1.91. The van der Waals surface area contributed by atoms with Gasteiger partial charge in [0.2, 0.25) is 0 Å². The first-order chi connectivity index (χ1) is 13.0. The lowest BCUT2D eigenvalue weighted by Crippen LogP contribution is -2.42. The molecule has 0 saturated carbocycles. The molecule has 0 aromatic carbocycles.